The van der Waals surface area contributed by atoms with Gasteiger partial charge in [-0.05, 0) is 32.4 Å². The number of benzene rings is 1. The first-order chi connectivity index (χ1) is 11.0. The van der Waals surface area contributed by atoms with E-state index in [1.54, 1.807) is 30.5 Å². The van der Waals surface area contributed by atoms with E-state index in [1.807, 2.05) is 30.3 Å². The number of ketones is 1. The van der Waals surface area contributed by atoms with Gasteiger partial charge in [-0.3, -0.25) is 14.3 Å². The van der Waals surface area contributed by atoms with Gasteiger partial charge in [0.05, 0.1) is 11.3 Å². The highest BCUT2D eigenvalue weighted by Gasteiger charge is 2.28. The Morgan fingerprint density at radius 1 is 1.17 bits per heavy atom. The van der Waals surface area contributed by atoms with Gasteiger partial charge < -0.3 is 4.90 Å². The third-order valence-electron chi connectivity index (χ3n) is 3.98. The minimum Gasteiger partial charge on any atom is -0.306 e. The number of Topliss-reactive ketones (excluding diaryl/α,β-unsaturated/α-hetero) is 1. The first kappa shape index (κ1) is 16.9. The van der Waals surface area contributed by atoms with E-state index in [4.69, 9.17) is 0 Å². The molecule has 0 aliphatic rings. The van der Waals surface area contributed by atoms with Crippen molar-refractivity contribution in [2.24, 2.45) is 7.05 Å². The molecule has 1 heterocycles. The van der Waals surface area contributed by atoms with E-state index in [0.717, 1.165) is 18.5 Å². The Kier molecular flexibility index (Phi) is 5.32. The monoisotopic (exact) mass is 313 g/mol. The molecule has 2 aromatic rings. The molecule has 0 spiro atoms. The number of aryl methyl sites for hydroxylation is 2. The normalized spacial score (nSPS) is 10.6. The molecule has 0 fully saturated rings. The predicted molar refractivity (Wildman–Crippen MR) is 90.7 cm³/mol. The van der Waals surface area contributed by atoms with Crippen molar-refractivity contribution < 1.29 is 9.59 Å². The molecular formula is C18H23N3O2. The summed E-state index contributed by atoms with van der Waals surface area (Å²) in [6.07, 6.45) is 1.80. The van der Waals surface area contributed by atoms with Crippen molar-refractivity contribution in [1.29, 1.82) is 0 Å². The van der Waals surface area contributed by atoms with Crippen molar-refractivity contribution in [3.05, 3.63) is 47.3 Å². The second-order valence-electron chi connectivity index (χ2n) is 5.64. The maximum atomic E-state index is 12.8. The highest BCUT2D eigenvalue weighted by molar-refractivity contribution is 6.47. The maximum absolute atomic E-state index is 12.8. The molecule has 1 aromatic heterocycles. The lowest BCUT2D eigenvalue weighted by Crippen LogP contribution is -2.37. The zero-order valence-electron chi connectivity index (χ0n) is 14.2. The topological polar surface area (TPSA) is 55.2 Å². The molecule has 0 radical (unpaired) electrons. The van der Waals surface area contributed by atoms with E-state index >= 15 is 0 Å². The van der Waals surface area contributed by atoms with Gasteiger partial charge in [-0.15, -0.1) is 0 Å². The van der Waals surface area contributed by atoms with Crippen molar-refractivity contribution in [3.63, 3.8) is 0 Å². The van der Waals surface area contributed by atoms with Crippen LogP contribution in [0.4, 0.5) is 5.69 Å². The fourth-order valence-corrected chi connectivity index (χ4v) is 2.60. The number of unbranched alkanes of at least 4 members (excludes halogenated alkanes) is 1. The summed E-state index contributed by atoms with van der Waals surface area (Å²) < 4.78 is 1.63. The molecule has 23 heavy (non-hydrogen) atoms. The summed E-state index contributed by atoms with van der Waals surface area (Å²) in [7, 11) is 1.77. The number of carbonyl (C=O) groups excluding carboxylic acids is 2. The summed E-state index contributed by atoms with van der Waals surface area (Å²) in [5.74, 6) is -0.989. The fourth-order valence-electron chi connectivity index (χ4n) is 2.60. The van der Waals surface area contributed by atoms with Crippen molar-refractivity contribution in [2.75, 3.05) is 11.4 Å². The number of carbonyl (C=O) groups is 2. The van der Waals surface area contributed by atoms with Crippen molar-refractivity contribution >= 4 is 17.4 Å². The zero-order valence-corrected chi connectivity index (χ0v) is 14.2. The van der Waals surface area contributed by atoms with Crippen LogP contribution in [0.3, 0.4) is 0 Å². The van der Waals surface area contributed by atoms with Crippen molar-refractivity contribution in [1.82, 2.24) is 9.78 Å². The molecule has 5 nitrogen and oxygen atoms in total. The zero-order chi connectivity index (χ0) is 17.0. The first-order valence-electron chi connectivity index (χ1n) is 7.88. The van der Waals surface area contributed by atoms with E-state index in [0.29, 0.717) is 23.5 Å². The van der Waals surface area contributed by atoms with Crippen LogP contribution < -0.4 is 4.90 Å². The second kappa shape index (κ2) is 7.22. The lowest BCUT2D eigenvalue weighted by molar-refractivity contribution is -0.114. The number of rotatable bonds is 6. The highest BCUT2D eigenvalue weighted by Crippen LogP contribution is 2.19. The standard InChI is InChI=1S/C18H23N3O2/c1-5-6-12-21(15-10-8-7-9-11-15)18(23)17(22)16-13(2)19-20(4)14(16)3/h7-11H,5-6,12H2,1-4H3. The van der Waals surface area contributed by atoms with E-state index in [2.05, 4.69) is 12.0 Å². The van der Waals surface area contributed by atoms with Crippen LogP contribution in [0.5, 0.6) is 0 Å². The molecule has 0 saturated carbocycles. The molecule has 0 bridgehead atoms. The predicted octanol–water partition coefficient (Wildman–Crippen LogP) is 3.05. The van der Waals surface area contributed by atoms with Gasteiger partial charge in [0.2, 0.25) is 0 Å². The Morgan fingerprint density at radius 2 is 1.83 bits per heavy atom. The van der Waals surface area contributed by atoms with E-state index in [1.165, 1.54) is 0 Å². The molecule has 122 valence electrons. The third kappa shape index (κ3) is 3.50. The van der Waals surface area contributed by atoms with Gasteiger partial charge in [-0.2, -0.15) is 5.10 Å². The molecule has 1 amide bonds. The minimum atomic E-state index is -0.496. The number of nitrogens with zero attached hydrogens (tertiary/aromatic N) is 3. The quantitative estimate of drug-likeness (QED) is 0.608. The van der Waals surface area contributed by atoms with Crippen molar-refractivity contribution in [2.45, 2.75) is 33.6 Å². The summed E-state index contributed by atoms with van der Waals surface area (Å²) in [5, 5.41) is 4.23. The SMILES string of the molecule is CCCCN(C(=O)C(=O)c1c(C)nn(C)c1C)c1ccccc1. The lowest BCUT2D eigenvalue weighted by atomic mass is 10.1. The number of hydrogen-bond acceptors (Lipinski definition) is 3. The number of para-hydroxylation sites is 1. The van der Waals surface area contributed by atoms with Gasteiger partial charge in [0.1, 0.15) is 0 Å². The lowest BCUT2D eigenvalue weighted by Gasteiger charge is -2.22. The smallest absolute Gasteiger partial charge is 0.299 e. The number of aromatic nitrogens is 2. The number of anilines is 1. The van der Waals surface area contributed by atoms with Crippen LogP contribution in [0.25, 0.3) is 0 Å². The Labute approximate surface area is 136 Å². The molecule has 2 rings (SSSR count). The van der Waals surface area contributed by atoms with Gasteiger partial charge in [0, 0.05) is 25.0 Å². The van der Waals surface area contributed by atoms with Gasteiger partial charge in [-0.25, -0.2) is 0 Å². The van der Waals surface area contributed by atoms with Crippen LogP contribution in [-0.4, -0.2) is 28.0 Å². The Bertz CT molecular complexity index is 705. The number of amides is 1. The van der Waals surface area contributed by atoms with Crippen LogP contribution in [0, 0.1) is 13.8 Å². The second-order valence-corrected chi connectivity index (χ2v) is 5.64. The molecule has 0 aliphatic carbocycles. The molecule has 5 heteroatoms. The summed E-state index contributed by atoms with van der Waals surface area (Å²) in [6, 6.07) is 9.33. The molecule has 1 aromatic carbocycles. The Hall–Kier alpha value is -2.43. The Balaban J connectivity index is 2.35. The average Bonchev–Trinajstić information content (AvgIpc) is 2.80. The van der Waals surface area contributed by atoms with E-state index in [-0.39, 0.29) is 0 Å². The van der Waals surface area contributed by atoms with E-state index < -0.39 is 11.7 Å². The molecule has 0 N–H and O–H groups in total. The molecule has 0 saturated heterocycles. The summed E-state index contributed by atoms with van der Waals surface area (Å²) >= 11 is 0. The van der Waals surface area contributed by atoms with Crippen LogP contribution in [0.1, 0.15) is 41.5 Å². The van der Waals surface area contributed by atoms with Crippen LogP contribution in [-0.2, 0) is 11.8 Å². The molecule has 0 aliphatic heterocycles. The molecule has 0 unspecified atom stereocenters. The Morgan fingerprint density at radius 3 is 2.35 bits per heavy atom. The summed E-state index contributed by atoms with van der Waals surface area (Å²) in [6.45, 7) is 6.15. The average molecular weight is 313 g/mol. The largest absolute Gasteiger partial charge is 0.306 e. The van der Waals surface area contributed by atoms with Gasteiger partial charge in [0.15, 0.2) is 0 Å². The minimum absolute atomic E-state index is 0.412. The molecular weight excluding hydrogens is 290 g/mol. The fraction of sp³-hybridized carbons (Fsp3) is 0.389. The van der Waals surface area contributed by atoms with Gasteiger partial charge >= 0.3 is 0 Å². The van der Waals surface area contributed by atoms with Crippen molar-refractivity contribution in [3.8, 4) is 0 Å². The van der Waals surface area contributed by atoms with Crippen LogP contribution in [0.15, 0.2) is 30.3 Å². The summed E-state index contributed by atoms with van der Waals surface area (Å²) in [5.41, 5.74) is 2.46. The molecule has 0 atom stereocenters. The van der Waals surface area contributed by atoms with Crippen LogP contribution in [0.2, 0.25) is 0 Å². The van der Waals surface area contributed by atoms with Crippen LogP contribution >= 0.6 is 0 Å². The number of hydrogen-bond donors (Lipinski definition) is 0. The van der Waals surface area contributed by atoms with Gasteiger partial charge in [0.25, 0.3) is 11.7 Å². The first-order valence-corrected chi connectivity index (χ1v) is 7.88. The highest BCUT2D eigenvalue weighted by atomic mass is 16.2. The van der Waals surface area contributed by atoms with E-state index in [9.17, 15) is 9.59 Å². The summed E-state index contributed by atoms with van der Waals surface area (Å²) in [4.78, 5) is 27.1. The third-order valence-corrected chi connectivity index (χ3v) is 3.98. The maximum Gasteiger partial charge on any atom is 0.299 e. The van der Waals surface area contributed by atoms with Gasteiger partial charge in [-0.1, -0.05) is 31.5 Å².